The molecule has 5 aliphatic rings. The molecule has 740 valence electrons. The van der Waals surface area contributed by atoms with E-state index in [0.717, 1.165) is 122 Å². The van der Waals surface area contributed by atoms with E-state index in [1.54, 1.807) is 25.7 Å². The number of halogens is 4. The van der Waals surface area contributed by atoms with Gasteiger partial charge in [-0.1, -0.05) is 151 Å². The molecule has 4 aliphatic heterocycles. The second kappa shape index (κ2) is 52.5. The van der Waals surface area contributed by atoms with Crippen LogP contribution in [0.15, 0.2) is 283 Å². The minimum Gasteiger partial charge on any atom is -0.481 e. The lowest BCUT2D eigenvalue weighted by molar-refractivity contribution is -0.142. The third-order valence-corrected chi connectivity index (χ3v) is 24.6. The van der Waals surface area contributed by atoms with Crippen LogP contribution in [-0.2, 0) is 61.7 Å². The van der Waals surface area contributed by atoms with Gasteiger partial charge in [0.05, 0.1) is 90.5 Å². The first-order valence-corrected chi connectivity index (χ1v) is 52.1. The Labute approximate surface area is 844 Å². The summed E-state index contributed by atoms with van der Waals surface area (Å²) in [6.07, 6.45) is 25.2. The number of allylic oxidation sites excluding steroid dienone is 4. The highest BCUT2D eigenvalue weighted by Gasteiger charge is 2.39. The summed E-state index contributed by atoms with van der Waals surface area (Å²) in [6, 6.07) is 64.3. The van der Waals surface area contributed by atoms with Gasteiger partial charge in [0.1, 0.15) is 29.3 Å². The van der Waals surface area contributed by atoms with Crippen molar-refractivity contribution in [2.24, 2.45) is 14.1 Å². The van der Waals surface area contributed by atoms with E-state index in [-0.39, 0.29) is 65.3 Å². The van der Waals surface area contributed by atoms with Crippen molar-refractivity contribution >= 4 is 196 Å². The molecule has 10 heterocycles. The Kier molecular flexibility index (Phi) is 41.0. The highest BCUT2D eigenvalue weighted by Crippen LogP contribution is 2.61. The van der Waals surface area contributed by atoms with Crippen molar-refractivity contribution in [2.75, 3.05) is 65.1 Å². The van der Waals surface area contributed by atoms with Gasteiger partial charge >= 0.3 is 35.3 Å². The number of carbonyl (C=O) groups is 9. The first kappa shape index (κ1) is 109. The fourth-order valence-electron chi connectivity index (χ4n) is 15.4. The molecule has 13 aromatic rings. The third kappa shape index (κ3) is 33.0. The van der Waals surface area contributed by atoms with Gasteiger partial charge in [-0.15, -0.1) is 12.4 Å². The number of imidazole rings is 3. The Balaban J connectivity index is 0.000000171. The van der Waals surface area contributed by atoms with E-state index in [4.69, 9.17) is 30.5 Å². The molecular weight excluding hydrogens is 1950 g/mol. The van der Waals surface area contributed by atoms with Crippen molar-refractivity contribution in [1.82, 2.24) is 62.8 Å². The molecule has 0 saturated carbocycles. The first-order valence-electron chi connectivity index (χ1n) is 44.8. The Hall–Kier alpha value is -12.7. The Morgan fingerprint density at radius 2 is 0.857 bits per heavy atom. The van der Waals surface area contributed by atoms with Gasteiger partial charge in [0.2, 0.25) is 23.6 Å². The molecule has 18 rings (SSSR count). The number of nitrogens with zero attached hydrogens (tertiary/aromatic N) is 11. The number of thioether (sulfide) groups is 3. The number of ether oxygens (including phenoxy) is 2. The Morgan fingerprint density at radius 1 is 0.464 bits per heavy atom. The standard InChI is InChI=1S/C25H25N5O2S.C20H25N3O3.C16H18N2O.C10H10N2O2S.C10H10N2.C10H17NO4.C9H8N2O2S.Cl3OP.ClH/c1-28-20-11-4-2-9-18(20)27-25(28)33-17-23(31)30-16-8-13-22(30)24(32)26-19-10-3-5-12-21(19)29-14-6-7-15-29;1-20(2,3)26-19(25)23-14-8-11-17(23)18(24)21-15-9-4-5-10-16(15)22-12-6-7-13-22;19-16(15-10-5-11-17-15)18-14-9-4-3-8-13(14)12-6-1-2-7-12;1-12-8-5-3-2-4-7(8)11-10(12)15-6-9(13)14;11-9-5-1-2-6-10(9)12-7-3-4-8-12;1-10(2,3)15-9(14)11-6-4-5-7(11)8(12)13;12-8(13)5-14-9-10-6-3-1-2-4-7(6)11-9;1-5(2,3)4;/h2-7,9-12,14-15,22H,8,13,16-17H2,1H3,(H,26,32);4-7,9-10,12-13,17H,8,11,14H2,1-3H3,(H,21,24);1-4,6-9,12,15,17H,5,10-11H2,(H,18,19);2-5H,6H2,1H3,(H,13,14);1-8H,11H2;7H,4-6H2,1-3H3,(H,12,13);1-4H,5H2,(H,10,11)(H,12,13);;1H/t22-;17-;15-;;;7-;;;/m000..0.../s1. The molecule has 10 N–H and O–H groups in total. The number of hydrogen-bond acceptors (Lipinski definition) is 20. The van der Waals surface area contributed by atoms with Gasteiger partial charge in [0.25, 0.3) is 0 Å². The Morgan fingerprint density at radius 3 is 1.31 bits per heavy atom. The summed E-state index contributed by atoms with van der Waals surface area (Å²) in [5.41, 5.74) is 17.4. The van der Waals surface area contributed by atoms with E-state index in [9.17, 15) is 47.7 Å². The van der Waals surface area contributed by atoms with Crippen molar-refractivity contribution in [3.63, 3.8) is 0 Å². The summed E-state index contributed by atoms with van der Waals surface area (Å²) in [4.78, 5) is 128. The number of aromatic nitrogens is 9. The van der Waals surface area contributed by atoms with Gasteiger partial charge in [-0.25, -0.2) is 29.3 Å². The van der Waals surface area contributed by atoms with E-state index in [0.29, 0.717) is 49.7 Å². The molecule has 6 amide bonds. The van der Waals surface area contributed by atoms with Crippen LogP contribution in [0.5, 0.6) is 0 Å². The maximum atomic E-state index is 13.2. The summed E-state index contributed by atoms with van der Waals surface area (Å²) in [7, 11) is 3.84. The number of para-hydroxylation sites is 13. The lowest BCUT2D eigenvalue weighted by atomic mass is 9.98. The van der Waals surface area contributed by atoms with Crippen LogP contribution < -0.4 is 27.0 Å². The number of amides is 6. The average molecular weight is 2060 g/mol. The van der Waals surface area contributed by atoms with Gasteiger partial charge in [-0.05, 0) is 254 Å². The number of carboxylic acids is 3. The summed E-state index contributed by atoms with van der Waals surface area (Å²) in [5.74, 6) is -2.33. The van der Waals surface area contributed by atoms with E-state index in [1.165, 1.54) is 45.1 Å². The van der Waals surface area contributed by atoms with E-state index in [2.05, 4.69) is 93.1 Å². The minimum atomic E-state index is -3.22. The summed E-state index contributed by atoms with van der Waals surface area (Å²) < 4.78 is 29.9. The van der Waals surface area contributed by atoms with Crippen molar-refractivity contribution in [1.29, 1.82) is 0 Å². The molecular formula is C100H114Cl4N17O15PS3. The van der Waals surface area contributed by atoms with Crippen molar-refractivity contribution in [2.45, 2.75) is 150 Å². The second-order valence-corrected chi connectivity index (χ2v) is 43.6. The topological polar surface area (TPSA) is 413 Å². The van der Waals surface area contributed by atoms with Crippen LogP contribution in [0.3, 0.4) is 0 Å². The quantitative estimate of drug-likeness (QED) is 0.0194. The molecule has 0 spiro atoms. The normalized spacial score (nSPS) is 15.7. The number of H-pyrrole nitrogens is 1. The summed E-state index contributed by atoms with van der Waals surface area (Å²) >= 11 is 17.7. The smallest absolute Gasteiger partial charge is 0.411 e. The summed E-state index contributed by atoms with van der Waals surface area (Å²) in [6.45, 7) is 13.3. The van der Waals surface area contributed by atoms with Crippen molar-refractivity contribution < 1.29 is 72.5 Å². The predicted octanol–water partition coefficient (Wildman–Crippen LogP) is 20.7. The number of nitrogens with two attached hydrogens (primary N) is 1. The zero-order chi connectivity index (χ0) is 99.9. The molecule has 0 unspecified atom stereocenters. The maximum Gasteiger partial charge on any atom is 0.411 e. The van der Waals surface area contributed by atoms with E-state index in [1.807, 2.05) is 307 Å². The number of nitrogen functional groups attached to an aromatic ring is 1. The number of carboxylic acid groups (broad SMARTS) is 3. The summed E-state index contributed by atoms with van der Waals surface area (Å²) in [5, 5.41) is 37.2. The number of likely N-dealkylation sites (tertiary alicyclic amines) is 3. The van der Waals surface area contributed by atoms with Crippen molar-refractivity contribution in [3.8, 4) is 17.1 Å². The predicted molar refractivity (Wildman–Crippen MR) is 558 cm³/mol. The first-order chi connectivity index (χ1) is 66.4. The molecule has 32 nitrogen and oxygen atoms in total. The monoisotopic (exact) mass is 2060 g/mol. The van der Waals surface area contributed by atoms with Crippen LogP contribution in [0, 0.1) is 0 Å². The second-order valence-electron chi connectivity index (χ2n) is 34.1. The number of anilines is 4. The number of rotatable bonds is 20. The fraction of sp³-hybridized carbons (Fsp3) is 0.300. The van der Waals surface area contributed by atoms with E-state index >= 15 is 0 Å². The molecule has 40 heteroatoms. The Bertz CT molecular complexity index is 6400. The fourth-order valence-corrected chi connectivity index (χ4v) is 17.6. The number of aryl methyl sites for hydroxylation is 2. The van der Waals surface area contributed by atoms with Crippen LogP contribution >= 0.6 is 86.6 Å². The third-order valence-electron chi connectivity index (χ3n) is 21.7. The highest BCUT2D eigenvalue weighted by atomic mass is 36.0. The molecule has 4 atom stereocenters. The highest BCUT2D eigenvalue weighted by molar-refractivity contribution is 8.24. The van der Waals surface area contributed by atoms with Gasteiger partial charge < -0.3 is 84.5 Å². The van der Waals surface area contributed by atoms with Gasteiger partial charge in [0.15, 0.2) is 15.5 Å². The molecule has 1 aliphatic carbocycles. The number of nitrogens with one attached hydrogen (secondary N) is 5. The number of hydrogen-bond donors (Lipinski definition) is 9. The zero-order valence-corrected chi connectivity index (χ0v) is 84.8. The molecule has 7 aromatic carbocycles. The van der Waals surface area contributed by atoms with Gasteiger partial charge in [0, 0.05) is 82.5 Å². The van der Waals surface area contributed by atoms with Crippen molar-refractivity contribution in [3.05, 3.63) is 273 Å². The number of aliphatic carboxylic acids is 3. The van der Waals surface area contributed by atoms with Crippen LogP contribution in [0.1, 0.15) is 104 Å². The molecule has 0 radical (unpaired) electrons. The SMILES string of the molecule is CC(C)(C)OC(=O)N1CCC[C@H]1C(=O)Nc1ccccc1-n1cccc1.CC(C)(C)OC(=O)N1CCC[C@H]1C(=O)O.Cl.Cn1c(SCC(=O)N2CCC[C@H]2C(=O)Nc2ccccc2-n2cccc2)nc2ccccc21.Cn1c(SCC(=O)O)nc2ccccc21.Nc1ccccc1-n1cccc1.O=C(Nc1ccccc1C1C=CC=C1)[C@@H]1CCCN1.O=C(O)CSc1nc2ccccc2[nH]1.O=P(Cl)(Cl)Cl. The maximum absolute atomic E-state index is 13.2. The lowest BCUT2D eigenvalue weighted by Crippen LogP contribution is -2.45. The van der Waals surface area contributed by atoms with Gasteiger partial charge in [-0.3, -0.25) is 43.1 Å². The molecule has 140 heavy (non-hydrogen) atoms. The van der Waals surface area contributed by atoms with Crippen LogP contribution in [-0.4, -0.2) is 205 Å². The molecule has 6 aromatic heterocycles. The number of benzene rings is 7. The minimum absolute atomic E-state index is 0. The van der Waals surface area contributed by atoms with Gasteiger partial charge in [-0.2, -0.15) is 0 Å². The number of aromatic amines is 1. The number of carbonyl (C=O) groups excluding carboxylic acids is 6. The molecule has 4 fully saturated rings. The zero-order valence-electron chi connectivity index (χ0n) is 78.3. The lowest BCUT2D eigenvalue weighted by Gasteiger charge is -2.28. The number of fused-ring (bicyclic) bond motifs is 3. The van der Waals surface area contributed by atoms with Crippen LogP contribution in [0.4, 0.5) is 32.3 Å². The van der Waals surface area contributed by atoms with Crippen LogP contribution in [0.25, 0.3) is 50.2 Å². The molecule has 4 saturated heterocycles. The van der Waals surface area contributed by atoms with Crippen LogP contribution in [0.2, 0.25) is 0 Å². The largest absolute Gasteiger partial charge is 0.481 e. The average Bonchev–Trinajstić information content (AvgIpc) is 1.66. The van der Waals surface area contributed by atoms with E-state index < -0.39 is 64.6 Å². The molecule has 0 bridgehead atoms.